The largest absolute Gasteiger partial charge is 0.431 e. The van der Waals surface area contributed by atoms with Gasteiger partial charge in [0.15, 0.2) is 0 Å². The molecule has 0 unspecified atom stereocenters. The summed E-state index contributed by atoms with van der Waals surface area (Å²) >= 11 is 0. The van der Waals surface area contributed by atoms with Crippen molar-refractivity contribution in [1.29, 1.82) is 5.41 Å². The van der Waals surface area contributed by atoms with Crippen LogP contribution in [0.5, 0.6) is 0 Å². The number of H-pyrrole nitrogens is 1. The van der Waals surface area contributed by atoms with Crippen molar-refractivity contribution in [2.24, 2.45) is 5.73 Å². The predicted octanol–water partition coefficient (Wildman–Crippen LogP) is 4.04. The smallest absolute Gasteiger partial charge is 0.382 e. The molecule has 0 aliphatic rings. The van der Waals surface area contributed by atoms with Gasteiger partial charge in [-0.15, -0.1) is 0 Å². The van der Waals surface area contributed by atoms with E-state index in [9.17, 15) is 26.3 Å². The molecule has 2 heterocycles. The van der Waals surface area contributed by atoms with Crippen molar-refractivity contribution in [3.63, 3.8) is 0 Å². The number of aromatic amines is 1. The molecule has 10 heteroatoms. The van der Waals surface area contributed by atoms with Crippen LogP contribution in [-0.4, -0.2) is 15.8 Å². The first-order chi connectivity index (χ1) is 11.0. The van der Waals surface area contributed by atoms with E-state index in [2.05, 4.69) is 4.98 Å². The standard InChI is InChI=1S/C14H8F6N4/c15-13(16,17)7-4-9(14(18,19)20)24-11-6(7)2-1-5-3-8(12(21)22)23-10(5)11/h1-4,24H,(H3,21,22). The van der Waals surface area contributed by atoms with Gasteiger partial charge in [-0.05, 0) is 12.1 Å². The van der Waals surface area contributed by atoms with Gasteiger partial charge in [0.05, 0.1) is 16.6 Å². The SMILES string of the molecule is N=C(N)c1cc2ccc3c(C(F)(F)F)cc(C(F)(F)F)[nH]c3c2n1. The molecule has 0 bridgehead atoms. The molecule has 0 amide bonds. The number of nitrogen functional groups attached to an aromatic ring is 1. The number of halogens is 6. The number of aromatic nitrogens is 2. The Bertz CT molecular complexity index is 967. The highest BCUT2D eigenvalue weighted by atomic mass is 19.4. The number of benzene rings is 1. The number of alkyl halides is 6. The fraction of sp³-hybridized carbons (Fsp3) is 0.143. The Labute approximate surface area is 129 Å². The number of fused-ring (bicyclic) bond motifs is 3. The molecule has 1 aromatic carbocycles. The van der Waals surface area contributed by atoms with E-state index in [0.717, 1.165) is 6.07 Å². The highest BCUT2D eigenvalue weighted by Gasteiger charge is 2.39. The van der Waals surface area contributed by atoms with Crippen molar-refractivity contribution >= 4 is 27.6 Å². The molecule has 0 saturated carbocycles. The lowest BCUT2D eigenvalue weighted by Gasteiger charge is -2.15. The second-order valence-corrected chi connectivity index (χ2v) is 5.07. The Morgan fingerprint density at radius 2 is 1.71 bits per heavy atom. The van der Waals surface area contributed by atoms with E-state index in [1.54, 1.807) is 0 Å². The van der Waals surface area contributed by atoms with Crippen LogP contribution in [0.2, 0.25) is 0 Å². The third-order valence-corrected chi connectivity index (χ3v) is 3.46. The van der Waals surface area contributed by atoms with Gasteiger partial charge in [0.2, 0.25) is 0 Å². The van der Waals surface area contributed by atoms with Gasteiger partial charge in [-0.25, -0.2) is 4.98 Å². The molecule has 126 valence electrons. The van der Waals surface area contributed by atoms with E-state index in [0.29, 0.717) is 0 Å². The molecule has 3 aromatic rings. The first kappa shape index (κ1) is 16.1. The fourth-order valence-corrected chi connectivity index (χ4v) is 2.41. The molecule has 0 aliphatic heterocycles. The van der Waals surface area contributed by atoms with Gasteiger partial charge >= 0.3 is 12.4 Å². The number of pyridine rings is 1. The molecule has 4 N–H and O–H groups in total. The summed E-state index contributed by atoms with van der Waals surface area (Å²) in [7, 11) is 0. The number of nitrogens with zero attached hydrogens (tertiary/aromatic N) is 1. The number of amidine groups is 1. The molecular formula is C14H8F6N4. The Balaban J connectivity index is 2.47. The molecule has 0 atom stereocenters. The highest BCUT2D eigenvalue weighted by Crippen LogP contribution is 2.40. The van der Waals surface area contributed by atoms with E-state index >= 15 is 0 Å². The molecular weight excluding hydrogens is 338 g/mol. The Hall–Kier alpha value is -2.78. The summed E-state index contributed by atoms with van der Waals surface area (Å²) in [6, 6.07) is 3.69. The van der Waals surface area contributed by atoms with Crippen LogP contribution in [0.4, 0.5) is 26.3 Å². The average Bonchev–Trinajstić information content (AvgIpc) is 2.88. The summed E-state index contributed by atoms with van der Waals surface area (Å²) in [5, 5.41) is 7.13. The lowest BCUT2D eigenvalue weighted by molar-refractivity contribution is -0.144. The molecule has 3 rings (SSSR count). The molecule has 4 nitrogen and oxygen atoms in total. The number of rotatable bonds is 1. The van der Waals surface area contributed by atoms with Crippen molar-refractivity contribution in [3.8, 4) is 0 Å². The minimum Gasteiger partial charge on any atom is -0.382 e. The van der Waals surface area contributed by atoms with Gasteiger partial charge in [0.1, 0.15) is 17.2 Å². The second-order valence-electron chi connectivity index (χ2n) is 5.07. The molecule has 24 heavy (non-hydrogen) atoms. The maximum Gasteiger partial charge on any atom is 0.431 e. The van der Waals surface area contributed by atoms with Crippen molar-refractivity contribution < 1.29 is 26.3 Å². The molecule has 0 fully saturated rings. The van der Waals surface area contributed by atoms with Crippen molar-refractivity contribution in [2.75, 3.05) is 0 Å². The van der Waals surface area contributed by atoms with Crippen molar-refractivity contribution in [2.45, 2.75) is 12.4 Å². The van der Waals surface area contributed by atoms with Crippen LogP contribution < -0.4 is 5.73 Å². The summed E-state index contributed by atoms with van der Waals surface area (Å²) in [6.45, 7) is 0. The first-order valence-corrected chi connectivity index (χ1v) is 6.44. The minimum atomic E-state index is -4.99. The third-order valence-electron chi connectivity index (χ3n) is 3.46. The van der Waals surface area contributed by atoms with E-state index in [1.807, 2.05) is 4.98 Å². The highest BCUT2D eigenvalue weighted by molar-refractivity contribution is 6.08. The number of hydrogen-bond acceptors (Lipinski definition) is 2. The molecule has 0 saturated heterocycles. The molecule has 0 spiro atoms. The van der Waals surface area contributed by atoms with Crippen LogP contribution in [0.1, 0.15) is 17.0 Å². The monoisotopic (exact) mass is 346 g/mol. The summed E-state index contributed by atoms with van der Waals surface area (Å²) in [6.07, 6.45) is -9.97. The van der Waals surface area contributed by atoms with Crippen LogP contribution in [-0.2, 0) is 12.4 Å². The zero-order chi connectivity index (χ0) is 17.9. The fourth-order valence-electron chi connectivity index (χ4n) is 2.41. The van der Waals surface area contributed by atoms with Crippen LogP contribution in [0.3, 0.4) is 0 Å². The Morgan fingerprint density at radius 3 is 2.25 bits per heavy atom. The van der Waals surface area contributed by atoms with Gasteiger partial charge < -0.3 is 10.7 Å². The summed E-state index contributed by atoms with van der Waals surface area (Å²) in [4.78, 5) is 5.85. The zero-order valence-electron chi connectivity index (χ0n) is 11.6. The van der Waals surface area contributed by atoms with E-state index < -0.39 is 40.3 Å². The maximum absolute atomic E-state index is 13.2. The van der Waals surface area contributed by atoms with Crippen molar-refractivity contribution in [1.82, 2.24) is 9.97 Å². The van der Waals surface area contributed by atoms with Crippen LogP contribution in [0, 0.1) is 5.41 Å². The Kier molecular flexibility index (Phi) is 3.26. The predicted molar refractivity (Wildman–Crippen MR) is 74.6 cm³/mol. The topological polar surface area (TPSA) is 78.5 Å². The van der Waals surface area contributed by atoms with E-state index in [4.69, 9.17) is 11.1 Å². The first-order valence-electron chi connectivity index (χ1n) is 6.44. The summed E-state index contributed by atoms with van der Waals surface area (Å²) in [5.41, 5.74) is 1.75. The molecule has 0 radical (unpaired) electrons. The Morgan fingerprint density at radius 1 is 1.04 bits per heavy atom. The zero-order valence-corrected chi connectivity index (χ0v) is 11.6. The van der Waals surface area contributed by atoms with Crippen LogP contribution in [0.25, 0.3) is 21.8 Å². The number of nitrogens with two attached hydrogens (primary N) is 1. The number of hydrogen-bond donors (Lipinski definition) is 3. The van der Waals surface area contributed by atoms with E-state index in [1.165, 1.54) is 12.1 Å². The second kappa shape index (κ2) is 4.86. The minimum absolute atomic E-state index is 0.0307. The molecule has 0 aliphatic carbocycles. The van der Waals surface area contributed by atoms with E-state index in [-0.39, 0.29) is 22.7 Å². The summed E-state index contributed by atoms with van der Waals surface area (Å²) in [5.74, 6) is -0.442. The van der Waals surface area contributed by atoms with Gasteiger partial charge in [-0.2, -0.15) is 26.3 Å². The summed E-state index contributed by atoms with van der Waals surface area (Å²) < 4.78 is 78.3. The maximum atomic E-state index is 13.2. The normalized spacial score (nSPS) is 12.9. The average molecular weight is 346 g/mol. The van der Waals surface area contributed by atoms with Gasteiger partial charge in [0.25, 0.3) is 0 Å². The van der Waals surface area contributed by atoms with Crippen LogP contribution in [0.15, 0.2) is 24.3 Å². The lowest BCUT2D eigenvalue weighted by Crippen LogP contribution is -2.13. The van der Waals surface area contributed by atoms with Crippen LogP contribution >= 0.6 is 0 Å². The van der Waals surface area contributed by atoms with Gasteiger partial charge in [-0.3, -0.25) is 5.41 Å². The lowest BCUT2D eigenvalue weighted by atomic mass is 10.0. The molecule has 2 aromatic heterocycles. The van der Waals surface area contributed by atoms with Gasteiger partial charge in [0, 0.05) is 10.8 Å². The van der Waals surface area contributed by atoms with Crippen molar-refractivity contribution in [3.05, 3.63) is 41.2 Å². The number of nitrogens with one attached hydrogen (secondary N) is 2. The quantitative estimate of drug-likeness (QED) is 0.353. The third kappa shape index (κ3) is 2.53. The van der Waals surface area contributed by atoms with Gasteiger partial charge in [-0.1, -0.05) is 12.1 Å².